The lowest BCUT2D eigenvalue weighted by atomic mass is 9.83. The summed E-state index contributed by atoms with van der Waals surface area (Å²) in [6.07, 6.45) is 10.8. The molecule has 1 saturated carbocycles. The number of urea groups is 1. The number of anilines is 1. The maximum atomic E-state index is 13.4. The highest BCUT2D eigenvalue weighted by Gasteiger charge is 2.36. The second kappa shape index (κ2) is 13.4. The van der Waals surface area contributed by atoms with Gasteiger partial charge in [-0.25, -0.2) is 4.79 Å². The van der Waals surface area contributed by atoms with Crippen LogP contribution in [-0.2, 0) is 24.2 Å². The van der Waals surface area contributed by atoms with E-state index in [1.54, 1.807) is 0 Å². The van der Waals surface area contributed by atoms with Crippen LogP contribution in [0.1, 0.15) is 55.2 Å². The Morgan fingerprint density at radius 2 is 1.73 bits per heavy atom. The van der Waals surface area contributed by atoms with Crippen LogP contribution >= 0.6 is 24.8 Å². The molecule has 1 aliphatic carbocycles. The highest BCUT2D eigenvalue weighted by molar-refractivity contribution is 5.94. The van der Waals surface area contributed by atoms with Crippen molar-refractivity contribution in [1.29, 1.82) is 0 Å². The van der Waals surface area contributed by atoms with Crippen molar-refractivity contribution in [3.63, 3.8) is 0 Å². The van der Waals surface area contributed by atoms with Crippen LogP contribution in [0.3, 0.4) is 0 Å². The Bertz CT molecular complexity index is 1050. The largest absolute Gasteiger partial charge is 0.481 e. The van der Waals surface area contributed by atoms with E-state index in [1.165, 1.54) is 16.7 Å². The summed E-state index contributed by atoms with van der Waals surface area (Å²) in [5.41, 5.74) is 5.02. The Labute approximate surface area is 232 Å². The molecule has 0 bridgehead atoms. The standard InChI is InChI=1S/C28H36N4O3.2ClH/c33-27(34)10-5-21-3-7-25(8-4-21)31-16-17-32(28(31)35)26-9-6-23-11-14-30(15-12-24(23)18-26)20-22-2-1-13-29-19-22;;/h1-2,6,9,13,18-19,21,25H,3-5,7-8,10-12,14-17,20H2,(H,33,34);2*1H/t21-,25-;;. The molecule has 7 nitrogen and oxygen atoms in total. The van der Waals surface area contributed by atoms with E-state index in [9.17, 15) is 9.59 Å². The predicted octanol–water partition coefficient (Wildman–Crippen LogP) is 5.19. The first-order chi connectivity index (χ1) is 17.1. The molecule has 1 aromatic heterocycles. The predicted molar refractivity (Wildman–Crippen MR) is 150 cm³/mol. The molecule has 37 heavy (non-hydrogen) atoms. The number of pyridine rings is 1. The van der Waals surface area contributed by atoms with E-state index < -0.39 is 5.97 Å². The molecule has 2 aromatic rings. The van der Waals surface area contributed by atoms with Gasteiger partial charge in [0.05, 0.1) is 0 Å². The van der Waals surface area contributed by atoms with E-state index in [0.717, 1.165) is 83.4 Å². The quantitative estimate of drug-likeness (QED) is 0.515. The maximum Gasteiger partial charge on any atom is 0.324 e. The lowest BCUT2D eigenvalue weighted by Gasteiger charge is -2.34. The van der Waals surface area contributed by atoms with Crippen molar-refractivity contribution in [2.75, 3.05) is 31.1 Å². The Kier molecular flexibility index (Phi) is 10.6. The summed E-state index contributed by atoms with van der Waals surface area (Å²) in [6, 6.07) is 11.1. The second-order valence-corrected chi connectivity index (χ2v) is 10.3. The van der Waals surface area contributed by atoms with Gasteiger partial charge in [-0.15, -0.1) is 24.8 Å². The van der Waals surface area contributed by atoms with Gasteiger partial charge in [-0.05, 0) is 85.8 Å². The molecule has 1 saturated heterocycles. The Balaban J connectivity index is 0.00000190. The summed E-state index contributed by atoms with van der Waals surface area (Å²) >= 11 is 0. The third-order valence-corrected chi connectivity index (χ3v) is 8.09. The van der Waals surface area contributed by atoms with Crippen LogP contribution in [0.15, 0.2) is 42.7 Å². The van der Waals surface area contributed by atoms with Crippen molar-refractivity contribution >= 4 is 42.5 Å². The molecule has 2 fully saturated rings. The average Bonchev–Trinajstić information content (AvgIpc) is 3.14. The van der Waals surface area contributed by atoms with Gasteiger partial charge < -0.3 is 10.0 Å². The number of carbonyl (C=O) groups excluding carboxylic acids is 1. The van der Waals surface area contributed by atoms with Crippen LogP contribution in [0.25, 0.3) is 0 Å². The van der Waals surface area contributed by atoms with E-state index in [4.69, 9.17) is 5.11 Å². The fraction of sp³-hybridized carbons (Fsp3) is 0.536. The molecule has 2 amide bonds. The number of carbonyl (C=O) groups is 2. The van der Waals surface area contributed by atoms with Gasteiger partial charge in [0.2, 0.25) is 0 Å². The number of carboxylic acids is 1. The summed E-state index contributed by atoms with van der Waals surface area (Å²) in [5.74, 6) is -0.224. The summed E-state index contributed by atoms with van der Waals surface area (Å²) in [6.45, 7) is 4.49. The molecular formula is C28H38Cl2N4O3. The van der Waals surface area contributed by atoms with Crippen LogP contribution in [0.4, 0.5) is 10.5 Å². The molecule has 5 rings (SSSR count). The van der Waals surface area contributed by atoms with Gasteiger partial charge in [0.25, 0.3) is 0 Å². The Morgan fingerprint density at radius 3 is 2.43 bits per heavy atom. The number of hydrogen-bond acceptors (Lipinski definition) is 4. The zero-order valence-electron chi connectivity index (χ0n) is 21.3. The molecule has 0 unspecified atom stereocenters. The van der Waals surface area contributed by atoms with Crippen molar-refractivity contribution in [3.8, 4) is 0 Å². The Hall–Kier alpha value is -2.35. The van der Waals surface area contributed by atoms with Gasteiger partial charge in [-0.3, -0.25) is 19.6 Å². The number of aromatic nitrogens is 1. The van der Waals surface area contributed by atoms with E-state index in [0.29, 0.717) is 5.92 Å². The molecule has 0 radical (unpaired) electrons. The Morgan fingerprint density at radius 1 is 0.973 bits per heavy atom. The number of amides is 2. The SMILES string of the molecule is Cl.Cl.O=C(O)CC[C@H]1CC[C@H](N2CCN(c3ccc4c(c3)CCN(Cc3cccnc3)CC4)C2=O)CC1. The number of hydrogen-bond donors (Lipinski definition) is 1. The minimum atomic E-state index is -0.709. The fourth-order valence-electron chi connectivity index (χ4n) is 6.04. The molecule has 0 spiro atoms. The van der Waals surface area contributed by atoms with Gasteiger partial charge in [0.1, 0.15) is 0 Å². The topological polar surface area (TPSA) is 77.0 Å². The molecule has 3 aliphatic rings. The smallest absolute Gasteiger partial charge is 0.324 e. The van der Waals surface area contributed by atoms with E-state index in [1.807, 2.05) is 23.4 Å². The van der Waals surface area contributed by atoms with Gasteiger partial charge in [-0.2, -0.15) is 0 Å². The van der Waals surface area contributed by atoms with Gasteiger partial charge >= 0.3 is 12.0 Å². The third kappa shape index (κ3) is 7.15. The van der Waals surface area contributed by atoms with Gasteiger partial charge in [-0.1, -0.05) is 12.1 Å². The van der Waals surface area contributed by atoms with Crippen molar-refractivity contribution < 1.29 is 14.7 Å². The molecule has 1 N–H and O–H groups in total. The summed E-state index contributed by atoms with van der Waals surface area (Å²) in [7, 11) is 0. The second-order valence-electron chi connectivity index (χ2n) is 10.3. The molecule has 2 aliphatic heterocycles. The highest BCUT2D eigenvalue weighted by Crippen LogP contribution is 2.33. The van der Waals surface area contributed by atoms with Crippen LogP contribution < -0.4 is 4.90 Å². The van der Waals surface area contributed by atoms with Crippen LogP contribution in [0, 0.1) is 5.92 Å². The molecule has 1 aromatic carbocycles. The molecule has 3 heterocycles. The molecule has 9 heteroatoms. The fourth-order valence-corrected chi connectivity index (χ4v) is 6.04. The highest BCUT2D eigenvalue weighted by atomic mass is 35.5. The number of benzene rings is 1. The van der Waals surface area contributed by atoms with Gasteiger partial charge in [0.15, 0.2) is 0 Å². The average molecular weight is 550 g/mol. The number of halogens is 2. The minimum absolute atomic E-state index is 0. The lowest BCUT2D eigenvalue weighted by molar-refractivity contribution is -0.137. The van der Waals surface area contributed by atoms with E-state index in [-0.39, 0.29) is 43.3 Å². The number of aliphatic carboxylic acids is 1. The first-order valence-corrected chi connectivity index (χ1v) is 13.1. The minimum Gasteiger partial charge on any atom is -0.481 e. The molecule has 0 atom stereocenters. The zero-order chi connectivity index (χ0) is 24.2. The van der Waals surface area contributed by atoms with Crippen LogP contribution in [0.2, 0.25) is 0 Å². The summed E-state index contributed by atoms with van der Waals surface area (Å²) in [4.78, 5) is 35.0. The zero-order valence-corrected chi connectivity index (χ0v) is 22.9. The number of rotatable bonds is 7. The number of nitrogens with zero attached hydrogens (tertiary/aromatic N) is 4. The van der Waals surface area contributed by atoms with Crippen LogP contribution in [0.5, 0.6) is 0 Å². The van der Waals surface area contributed by atoms with Gasteiger partial charge in [0, 0.05) is 63.3 Å². The first kappa shape index (κ1) is 29.2. The van der Waals surface area contributed by atoms with E-state index in [2.05, 4.69) is 39.0 Å². The number of carboxylic acid groups (broad SMARTS) is 1. The third-order valence-electron chi connectivity index (χ3n) is 8.09. The van der Waals surface area contributed by atoms with Crippen molar-refractivity contribution in [2.45, 2.75) is 64.0 Å². The van der Waals surface area contributed by atoms with E-state index >= 15 is 0 Å². The van der Waals surface area contributed by atoms with Crippen LogP contribution in [-0.4, -0.2) is 64.1 Å². The molecular weight excluding hydrogens is 511 g/mol. The summed E-state index contributed by atoms with van der Waals surface area (Å²) in [5, 5.41) is 8.94. The maximum absolute atomic E-state index is 13.4. The lowest BCUT2D eigenvalue weighted by Crippen LogP contribution is -2.41. The van der Waals surface area contributed by atoms with Crippen molar-refractivity contribution in [3.05, 3.63) is 59.4 Å². The number of fused-ring (bicyclic) bond motifs is 1. The summed E-state index contributed by atoms with van der Waals surface area (Å²) < 4.78 is 0. The normalized spacial score (nSPS) is 22.0. The molecule has 202 valence electrons. The monoisotopic (exact) mass is 548 g/mol. The van der Waals surface area contributed by atoms with Crippen molar-refractivity contribution in [2.24, 2.45) is 5.92 Å². The van der Waals surface area contributed by atoms with Crippen molar-refractivity contribution in [1.82, 2.24) is 14.8 Å². The first-order valence-electron chi connectivity index (χ1n) is 13.1.